The minimum atomic E-state index is -0.745. The number of likely N-dealkylation sites (N-methyl/N-ethyl adjacent to an activating group) is 1. The molecule has 0 spiro atoms. The van der Waals surface area contributed by atoms with Crippen molar-refractivity contribution in [1.82, 2.24) is 4.90 Å². The summed E-state index contributed by atoms with van der Waals surface area (Å²) in [5.41, 5.74) is 6.80. The molecule has 2 amide bonds. The van der Waals surface area contributed by atoms with Gasteiger partial charge in [-0.25, -0.2) is 4.39 Å². The van der Waals surface area contributed by atoms with Crippen molar-refractivity contribution in [1.29, 1.82) is 0 Å². The Balaban J connectivity index is 2.03. The van der Waals surface area contributed by atoms with Crippen molar-refractivity contribution < 1.29 is 14.0 Å². The normalized spacial score (nSPS) is 10.7. The summed E-state index contributed by atoms with van der Waals surface area (Å²) in [5.74, 6) is -1.62. The van der Waals surface area contributed by atoms with E-state index in [0.29, 0.717) is 6.54 Å². The summed E-state index contributed by atoms with van der Waals surface area (Å²) in [7, 11) is 1.82. The Bertz CT molecular complexity index is 747. The van der Waals surface area contributed by atoms with Gasteiger partial charge in [0.2, 0.25) is 11.8 Å². The summed E-state index contributed by atoms with van der Waals surface area (Å²) < 4.78 is 13.8. The second-order valence-corrected chi connectivity index (χ2v) is 5.70. The molecule has 0 aliphatic heterocycles. The van der Waals surface area contributed by atoms with E-state index in [-0.39, 0.29) is 29.3 Å². The van der Waals surface area contributed by atoms with Crippen molar-refractivity contribution in [2.24, 2.45) is 5.73 Å². The van der Waals surface area contributed by atoms with Gasteiger partial charge >= 0.3 is 0 Å². The molecule has 0 bridgehead atoms. The fourth-order valence-electron chi connectivity index (χ4n) is 2.34. The van der Waals surface area contributed by atoms with Gasteiger partial charge < -0.3 is 11.1 Å². The van der Waals surface area contributed by atoms with Crippen LogP contribution in [-0.4, -0.2) is 30.3 Å². The van der Waals surface area contributed by atoms with Crippen LogP contribution in [0.25, 0.3) is 0 Å². The van der Waals surface area contributed by atoms with Crippen molar-refractivity contribution in [2.45, 2.75) is 13.5 Å². The van der Waals surface area contributed by atoms with Crippen LogP contribution < -0.4 is 11.1 Å². The lowest BCUT2D eigenvalue weighted by molar-refractivity contribution is -0.117. The second kappa shape index (κ2) is 7.70. The van der Waals surface area contributed by atoms with Gasteiger partial charge in [-0.3, -0.25) is 14.5 Å². The highest BCUT2D eigenvalue weighted by Crippen LogP contribution is 2.20. The molecule has 6 heteroatoms. The highest BCUT2D eigenvalue weighted by molar-refractivity contribution is 5.97. The van der Waals surface area contributed by atoms with Gasteiger partial charge in [-0.2, -0.15) is 0 Å². The summed E-state index contributed by atoms with van der Waals surface area (Å²) in [6.07, 6.45) is 0. The first-order valence-electron chi connectivity index (χ1n) is 7.49. The van der Waals surface area contributed by atoms with Gasteiger partial charge in [-0.1, -0.05) is 30.3 Å². The number of nitrogens with zero attached hydrogens (tertiary/aromatic N) is 1. The van der Waals surface area contributed by atoms with Crippen LogP contribution in [0, 0.1) is 12.7 Å². The molecule has 0 aliphatic carbocycles. The maximum absolute atomic E-state index is 13.8. The number of nitrogens with one attached hydrogen (secondary N) is 1. The number of hydrogen-bond acceptors (Lipinski definition) is 3. The number of benzene rings is 2. The monoisotopic (exact) mass is 329 g/mol. The molecule has 2 aromatic rings. The molecule has 2 rings (SSSR count). The molecule has 126 valence electrons. The molecule has 0 radical (unpaired) electrons. The molecule has 3 N–H and O–H groups in total. The van der Waals surface area contributed by atoms with Crippen LogP contribution in [0.2, 0.25) is 0 Å². The predicted octanol–water partition coefficient (Wildman–Crippen LogP) is 2.30. The largest absolute Gasteiger partial charge is 0.366 e. The first-order valence-corrected chi connectivity index (χ1v) is 7.49. The number of nitrogens with two attached hydrogens (primary N) is 1. The van der Waals surface area contributed by atoms with E-state index < -0.39 is 11.7 Å². The molecule has 0 saturated carbocycles. The van der Waals surface area contributed by atoms with Gasteiger partial charge in [0, 0.05) is 23.4 Å². The summed E-state index contributed by atoms with van der Waals surface area (Å²) in [5, 5.41) is 2.63. The van der Waals surface area contributed by atoms with E-state index in [1.807, 2.05) is 42.3 Å². The SMILES string of the molecule is Cc1c(F)cc(C(N)=O)cc1NC(=O)CN(C)Cc1ccccc1. The lowest BCUT2D eigenvalue weighted by atomic mass is 10.1. The number of halogens is 1. The fourth-order valence-corrected chi connectivity index (χ4v) is 2.34. The molecule has 2 aromatic carbocycles. The van der Waals surface area contributed by atoms with Crippen LogP contribution in [-0.2, 0) is 11.3 Å². The third-order valence-corrected chi connectivity index (χ3v) is 3.61. The quantitative estimate of drug-likeness (QED) is 0.854. The number of carbonyl (C=O) groups is 2. The van der Waals surface area contributed by atoms with Crippen LogP contribution in [0.1, 0.15) is 21.5 Å². The molecule has 5 nitrogen and oxygen atoms in total. The van der Waals surface area contributed by atoms with E-state index in [1.54, 1.807) is 0 Å². The van der Waals surface area contributed by atoms with E-state index in [4.69, 9.17) is 5.73 Å². The van der Waals surface area contributed by atoms with Crippen LogP contribution >= 0.6 is 0 Å². The Morgan fingerprint density at radius 1 is 1.21 bits per heavy atom. The average molecular weight is 329 g/mol. The molecule has 0 atom stereocenters. The predicted molar refractivity (Wildman–Crippen MR) is 91.1 cm³/mol. The molecular formula is C18H20FN3O2. The fraction of sp³-hybridized carbons (Fsp3) is 0.222. The molecule has 0 heterocycles. The third kappa shape index (κ3) is 4.63. The zero-order chi connectivity index (χ0) is 17.7. The summed E-state index contributed by atoms with van der Waals surface area (Å²) in [4.78, 5) is 25.2. The molecular weight excluding hydrogens is 309 g/mol. The van der Waals surface area contributed by atoms with Crippen LogP contribution in [0.5, 0.6) is 0 Å². The summed E-state index contributed by atoms with van der Waals surface area (Å²) >= 11 is 0. The average Bonchev–Trinajstić information content (AvgIpc) is 2.52. The smallest absolute Gasteiger partial charge is 0.248 e. The number of hydrogen-bond donors (Lipinski definition) is 2. The van der Waals surface area contributed by atoms with E-state index in [9.17, 15) is 14.0 Å². The first kappa shape index (κ1) is 17.6. The maximum Gasteiger partial charge on any atom is 0.248 e. The van der Waals surface area contributed by atoms with E-state index in [0.717, 1.165) is 11.6 Å². The number of rotatable bonds is 6. The number of amides is 2. The van der Waals surface area contributed by atoms with Gasteiger partial charge in [0.1, 0.15) is 5.82 Å². The highest BCUT2D eigenvalue weighted by Gasteiger charge is 2.14. The van der Waals surface area contributed by atoms with E-state index >= 15 is 0 Å². The molecule has 0 saturated heterocycles. The van der Waals surface area contributed by atoms with Crippen molar-refractivity contribution in [3.63, 3.8) is 0 Å². The number of primary amides is 1. The number of anilines is 1. The Kier molecular flexibility index (Phi) is 5.65. The van der Waals surface area contributed by atoms with Gasteiger partial charge in [0.05, 0.1) is 6.54 Å². The minimum absolute atomic E-state index is 0.0195. The standard InChI is InChI=1S/C18H20FN3O2/c1-12-15(19)8-14(18(20)24)9-16(12)21-17(23)11-22(2)10-13-6-4-3-5-7-13/h3-9H,10-11H2,1-2H3,(H2,20,24)(H,21,23). The van der Waals surface area contributed by atoms with Crippen LogP contribution in [0.4, 0.5) is 10.1 Å². The van der Waals surface area contributed by atoms with Crippen molar-refractivity contribution in [3.8, 4) is 0 Å². The molecule has 0 aromatic heterocycles. The van der Waals surface area contributed by atoms with Crippen molar-refractivity contribution >= 4 is 17.5 Å². The molecule has 0 fully saturated rings. The maximum atomic E-state index is 13.8. The third-order valence-electron chi connectivity index (χ3n) is 3.61. The second-order valence-electron chi connectivity index (χ2n) is 5.70. The minimum Gasteiger partial charge on any atom is -0.366 e. The van der Waals surface area contributed by atoms with Crippen LogP contribution in [0.3, 0.4) is 0 Å². The van der Waals surface area contributed by atoms with E-state index in [2.05, 4.69) is 5.32 Å². The lowest BCUT2D eigenvalue weighted by Crippen LogP contribution is -2.30. The Morgan fingerprint density at radius 2 is 1.88 bits per heavy atom. The van der Waals surface area contributed by atoms with Gasteiger partial charge in [0.15, 0.2) is 0 Å². The molecule has 0 aliphatic rings. The van der Waals surface area contributed by atoms with Gasteiger partial charge in [-0.05, 0) is 31.7 Å². The Labute approximate surface area is 140 Å². The Morgan fingerprint density at radius 3 is 2.50 bits per heavy atom. The van der Waals surface area contributed by atoms with Gasteiger partial charge in [-0.15, -0.1) is 0 Å². The molecule has 24 heavy (non-hydrogen) atoms. The van der Waals surface area contributed by atoms with Crippen LogP contribution in [0.15, 0.2) is 42.5 Å². The molecule has 0 unspecified atom stereocenters. The van der Waals surface area contributed by atoms with Crippen molar-refractivity contribution in [3.05, 3.63) is 65.0 Å². The Hall–Kier alpha value is -2.73. The van der Waals surface area contributed by atoms with Gasteiger partial charge in [0.25, 0.3) is 0 Å². The topological polar surface area (TPSA) is 75.4 Å². The highest BCUT2D eigenvalue weighted by atomic mass is 19.1. The van der Waals surface area contributed by atoms with E-state index in [1.165, 1.54) is 13.0 Å². The zero-order valence-electron chi connectivity index (χ0n) is 13.7. The van der Waals surface area contributed by atoms with Crippen molar-refractivity contribution in [2.75, 3.05) is 18.9 Å². The zero-order valence-corrected chi connectivity index (χ0v) is 13.7. The first-order chi connectivity index (χ1) is 11.4. The summed E-state index contributed by atoms with van der Waals surface area (Å²) in [6.45, 7) is 2.28. The number of carbonyl (C=O) groups excluding carboxylic acids is 2. The summed E-state index contributed by atoms with van der Waals surface area (Å²) in [6, 6.07) is 12.2. The lowest BCUT2D eigenvalue weighted by Gasteiger charge is -2.17.